The number of hydrogen-bond acceptors (Lipinski definition) is 14. The molecule has 87 heavy (non-hydrogen) atoms. The van der Waals surface area contributed by atoms with Gasteiger partial charge in [0.2, 0.25) is 11.5 Å². The number of fused-ring (bicyclic) bond motifs is 9. The first-order valence-electron chi connectivity index (χ1n) is 29.3. The van der Waals surface area contributed by atoms with Crippen LogP contribution in [0.3, 0.4) is 0 Å². The summed E-state index contributed by atoms with van der Waals surface area (Å²) in [7, 11) is -1.71. The molecular formula is C72H62O14Si. The maximum atomic E-state index is 16.5. The fraction of sp³-hybridized carbons (Fsp3) is 0.222. The second kappa shape index (κ2) is 23.2. The minimum absolute atomic E-state index is 0.0187. The Bertz CT molecular complexity index is 3850. The minimum atomic E-state index is -1.72. The first-order valence-corrected chi connectivity index (χ1v) is 33.0. The van der Waals surface area contributed by atoms with Crippen LogP contribution in [0.25, 0.3) is 11.1 Å². The van der Waals surface area contributed by atoms with E-state index in [4.69, 9.17) is 56.8 Å². The number of esters is 2. The summed E-state index contributed by atoms with van der Waals surface area (Å²) in [5.41, 5.74) is 4.76. The Morgan fingerprint density at radius 2 is 0.954 bits per heavy atom. The highest BCUT2D eigenvalue weighted by Crippen LogP contribution is 2.63. The van der Waals surface area contributed by atoms with E-state index >= 15 is 9.59 Å². The van der Waals surface area contributed by atoms with E-state index in [0.29, 0.717) is 22.3 Å². The van der Waals surface area contributed by atoms with Crippen LogP contribution >= 0.6 is 0 Å². The van der Waals surface area contributed by atoms with Crippen molar-refractivity contribution in [1.29, 1.82) is 0 Å². The third-order valence-corrected chi connectivity index (χ3v) is 17.8. The lowest BCUT2D eigenvalue weighted by molar-refractivity contribution is -0.359. The molecule has 0 amide bonds. The topological polar surface area (TPSA) is 145 Å². The molecule has 14 rings (SSSR count). The Kier molecular flexibility index (Phi) is 14.9. The second-order valence-electron chi connectivity index (χ2n) is 23.2. The standard InChI is InChI=1S/C72H62O14Si/c1-87(2,3)40-39-75-70-66-65(60-57(79-70)45-78-69(82-60)48-29-15-6-16-30-48)80-67(73)53-41-55(76-43-46-25-11-4-12-26-46)61-64(86-72(84-61,51-35-21-9-22-36-51)52-37-23-10-24-38-52)59(53)58-54(68(74)81-66)42-56-62(63(58)77-44-47-27-13-5-14-28-47)85-71(83-56,49-31-17-7-18-32-49)50-33-19-8-20-34-50/h4-38,41-42,57,60,65-66,69-70H,39-40,43-45H2,1-3H3/t57-,60-,65+,66-,69-,70-/m1/s1. The second-order valence-corrected chi connectivity index (χ2v) is 28.8. The van der Waals surface area contributed by atoms with Gasteiger partial charge in [0.1, 0.15) is 25.4 Å². The molecule has 14 nitrogen and oxygen atoms in total. The number of carbonyl (C=O) groups is 2. The molecule has 0 unspecified atom stereocenters. The van der Waals surface area contributed by atoms with Crippen molar-refractivity contribution >= 4 is 20.0 Å². The highest BCUT2D eigenvalue weighted by molar-refractivity contribution is 6.76. The van der Waals surface area contributed by atoms with E-state index in [1.807, 2.05) is 212 Å². The van der Waals surface area contributed by atoms with Gasteiger partial charge in [-0.3, -0.25) is 0 Å². The highest BCUT2D eigenvalue weighted by atomic mass is 28.3. The lowest BCUT2D eigenvalue weighted by Gasteiger charge is -2.48. The van der Waals surface area contributed by atoms with E-state index in [-0.39, 0.29) is 83.2 Å². The van der Waals surface area contributed by atoms with Gasteiger partial charge in [0.25, 0.3) is 0 Å². The molecule has 0 spiro atoms. The quantitative estimate of drug-likeness (QED) is 0.0709. The van der Waals surface area contributed by atoms with Crippen molar-refractivity contribution in [2.24, 2.45) is 0 Å². The van der Waals surface area contributed by atoms with Gasteiger partial charge in [-0.2, -0.15) is 0 Å². The Labute approximate surface area is 504 Å². The zero-order valence-corrected chi connectivity index (χ0v) is 49.1. The van der Waals surface area contributed by atoms with E-state index in [0.717, 1.165) is 22.7 Å². The minimum Gasteiger partial charge on any atom is -0.485 e. The summed E-state index contributed by atoms with van der Waals surface area (Å²) in [6, 6.07) is 70.7. The Balaban J connectivity index is 1.04. The van der Waals surface area contributed by atoms with Crippen LogP contribution in [0, 0.1) is 0 Å². The smallest absolute Gasteiger partial charge is 0.339 e. The van der Waals surface area contributed by atoms with Crippen molar-refractivity contribution in [2.45, 2.75) is 87.5 Å². The molecular weight excluding hydrogens is 1120 g/mol. The lowest BCUT2D eigenvalue weighted by atomic mass is 9.90. The first kappa shape index (κ1) is 55.6. The predicted molar refractivity (Wildman–Crippen MR) is 324 cm³/mol. The van der Waals surface area contributed by atoms with Gasteiger partial charge < -0.3 is 56.8 Å². The van der Waals surface area contributed by atoms with E-state index in [1.165, 1.54) is 0 Å². The number of hydrogen-bond donors (Lipinski definition) is 0. The Hall–Kier alpha value is -9.22. The van der Waals surface area contributed by atoms with Gasteiger partial charge in [0.05, 0.1) is 17.7 Å². The summed E-state index contributed by atoms with van der Waals surface area (Å²) in [4.78, 5) is 32.9. The summed E-state index contributed by atoms with van der Waals surface area (Å²) < 4.78 is 84.1. The largest absolute Gasteiger partial charge is 0.485 e. The monoisotopic (exact) mass is 1180 g/mol. The Morgan fingerprint density at radius 3 is 1.51 bits per heavy atom. The van der Waals surface area contributed by atoms with Crippen LogP contribution in [0.2, 0.25) is 25.7 Å². The third-order valence-electron chi connectivity index (χ3n) is 16.1. The van der Waals surface area contributed by atoms with Gasteiger partial charge in [-0.05, 0) is 29.3 Å². The van der Waals surface area contributed by atoms with Gasteiger partial charge in [0.15, 0.2) is 47.8 Å². The molecule has 0 saturated carbocycles. The molecule has 0 aliphatic carbocycles. The molecule has 2 fully saturated rings. The molecule has 0 radical (unpaired) electrons. The zero-order valence-electron chi connectivity index (χ0n) is 48.1. The van der Waals surface area contributed by atoms with Crippen molar-refractivity contribution in [3.05, 3.63) is 275 Å². The van der Waals surface area contributed by atoms with Gasteiger partial charge >= 0.3 is 23.5 Å². The van der Waals surface area contributed by atoms with E-state index < -0.39 is 68.6 Å². The van der Waals surface area contributed by atoms with Crippen LogP contribution in [-0.2, 0) is 53.2 Å². The molecule has 0 aromatic heterocycles. The average molecular weight is 1180 g/mol. The predicted octanol–water partition coefficient (Wildman–Crippen LogP) is 14.1. The van der Waals surface area contributed by atoms with Crippen molar-refractivity contribution in [3.8, 4) is 45.6 Å². The van der Waals surface area contributed by atoms with Crippen LogP contribution < -0.4 is 28.4 Å². The number of rotatable bonds is 15. The fourth-order valence-electron chi connectivity index (χ4n) is 11.8. The van der Waals surface area contributed by atoms with Crippen molar-refractivity contribution in [1.82, 2.24) is 0 Å². The average Bonchev–Trinajstić information content (AvgIpc) is 1.63. The first-order chi connectivity index (χ1) is 42.5. The van der Waals surface area contributed by atoms with Crippen LogP contribution in [0.1, 0.15) is 66.0 Å². The molecule has 15 heteroatoms. The maximum absolute atomic E-state index is 16.5. The molecule has 5 heterocycles. The highest BCUT2D eigenvalue weighted by Gasteiger charge is 2.57. The zero-order chi connectivity index (χ0) is 59.1. The summed E-state index contributed by atoms with van der Waals surface area (Å²) in [6.45, 7) is 7.01. The number of ether oxygens (including phenoxy) is 12. The van der Waals surface area contributed by atoms with Crippen LogP contribution in [0.4, 0.5) is 0 Å². The maximum Gasteiger partial charge on any atom is 0.339 e. The molecule has 6 atom stereocenters. The summed E-state index contributed by atoms with van der Waals surface area (Å²) in [5.74, 6) is -4.54. The fourth-order valence-corrected chi connectivity index (χ4v) is 12.5. The van der Waals surface area contributed by atoms with Gasteiger partial charge in [-0.15, -0.1) is 0 Å². The van der Waals surface area contributed by atoms with E-state index in [2.05, 4.69) is 19.6 Å². The van der Waals surface area contributed by atoms with E-state index in [1.54, 1.807) is 12.1 Å². The van der Waals surface area contributed by atoms with Gasteiger partial charge in [-0.25, -0.2) is 9.59 Å². The number of benzene rings is 9. The molecule has 0 N–H and O–H groups in total. The van der Waals surface area contributed by atoms with Crippen LogP contribution in [-0.4, -0.2) is 63.9 Å². The van der Waals surface area contributed by atoms with Gasteiger partial charge in [-0.1, -0.05) is 232 Å². The van der Waals surface area contributed by atoms with Crippen LogP contribution in [0.5, 0.6) is 34.5 Å². The van der Waals surface area contributed by atoms with Gasteiger partial charge in [0, 0.05) is 53.6 Å². The lowest BCUT2D eigenvalue weighted by Crippen LogP contribution is -2.64. The van der Waals surface area contributed by atoms with Crippen LogP contribution in [0.15, 0.2) is 224 Å². The molecule has 438 valence electrons. The molecule has 2 saturated heterocycles. The van der Waals surface area contributed by atoms with E-state index in [9.17, 15) is 0 Å². The van der Waals surface area contributed by atoms with Crippen molar-refractivity contribution in [2.75, 3.05) is 13.2 Å². The molecule has 5 aliphatic rings. The van der Waals surface area contributed by atoms with Crippen molar-refractivity contribution in [3.63, 3.8) is 0 Å². The normalized spacial score (nSPS) is 21.2. The third kappa shape index (κ3) is 10.6. The molecule has 9 aromatic rings. The summed E-state index contributed by atoms with van der Waals surface area (Å²) >= 11 is 0. The van der Waals surface area contributed by atoms with Crippen molar-refractivity contribution < 1.29 is 66.4 Å². The molecule has 5 aliphatic heterocycles. The Morgan fingerprint density at radius 1 is 0.483 bits per heavy atom. The molecule has 9 aromatic carbocycles. The summed E-state index contributed by atoms with van der Waals surface area (Å²) in [5, 5.41) is 0. The SMILES string of the molecule is C[Si](C)(C)CCO[C@@H]1O[C@@H]2CO[C@@H](c3ccccc3)O[C@H]2[C@@H]2OC(=O)c3cc(OCc4ccccc4)c4c(c3-c3c(cc5c(c3OCc3ccccc3)OC(c3ccccc3)(c3ccccc3)O5)C(=O)O[C@@H]12)OC(c1ccccc1)(c1ccccc1)O4. The number of carbonyl (C=O) groups excluding carboxylic acids is 2. The molecule has 0 bridgehead atoms. The summed E-state index contributed by atoms with van der Waals surface area (Å²) in [6.07, 6.45) is -6.87.